The number of hydrogen-bond donors (Lipinski definition) is 2. The summed E-state index contributed by atoms with van der Waals surface area (Å²) in [6, 6.07) is 9.19. The van der Waals surface area contributed by atoms with Crippen molar-refractivity contribution in [3.05, 3.63) is 100 Å². The highest BCUT2D eigenvalue weighted by Crippen LogP contribution is 2.68. The average Bonchev–Trinajstić information content (AvgIpc) is 3.40. The minimum absolute atomic E-state index is 0.0902. The maximum absolute atomic E-state index is 15.2. The topological polar surface area (TPSA) is 88.5 Å². The number of hydrogen-bond acceptors (Lipinski definition) is 4. The second kappa shape index (κ2) is 11.0. The lowest BCUT2D eigenvalue weighted by atomic mass is 9.95. The summed E-state index contributed by atoms with van der Waals surface area (Å²) in [7, 11) is 0. The largest absolute Gasteiger partial charge is 0.360 e. The minimum atomic E-state index is -3.40. The molecule has 0 spiro atoms. The highest BCUT2D eigenvalue weighted by atomic mass is 19.3. The smallest absolute Gasteiger partial charge is 0.293 e. The Balaban J connectivity index is 1.29. The number of aromatic nitrogens is 5. The van der Waals surface area contributed by atoms with Crippen LogP contribution in [-0.4, -0.2) is 30.6 Å². The highest BCUT2D eigenvalue weighted by molar-refractivity contribution is 5.83. The lowest BCUT2D eigenvalue weighted by Gasteiger charge is -2.23. The van der Waals surface area contributed by atoms with Gasteiger partial charge in [-0.05, 0) is 60.6 Å². The number of aromatic amines is 1. The number of pyridine rings is 2. The van der Waals surface area contributed by atoms with Crippen molar-refractivity contribution in [2.75, 3.05) is 0 Å². The Bertz CT molecular complexity index is 1950. The van der Waals surface area contributed by atoms with Crippen molar-refractivity contribution >= 4 is 16.9 Å². The molecule has 1 amide bonds. The van der Waals surface area contributed by atoms with Gasteiger partial charge in [0.1, 0.15) is 29.6 Å². The van der Waals surface area contributed by atoms with Gasteiger partial charge in [-0.25, -0.2) is 22.5 Å². The van der Waals surface area contributed by atoms with Gasteiger partial charge in [-0.2, -0.15) is 13.9 Å². The van der Waals surface area contributed by atoms with E-state index in [0.717, 1.165) is 23.9 Å². The van der Waals surface area contributed by atoms with E-state index in [1.165, 1.54) is 0 Å². The van der Waals surface area contributed by atoms with E-state index in [0.29, 0.717) is 32.5 Å². The van der Waals surface area contributed by atoms with Crippen molar-refractivity contribution in [2.45, 2.75) is 63.5 Å². The van der Waals surface area contributed by atoms with E-state index >= 15 is 8.78 Å². The lowest BCUT2D eigenvalue weighted by molar-refractivity contribution is -0.123. The van der Waals surface area contributed by atoms with Gasteiger partial charge in [0.15, 0.2) is 0 Å². The van der Waals surface area contributed by atoms with Crippen LogP contribution in [0.5, 0.6) is 0 Å². The molecule has 1 unspecified atom stereocenters. The van der Waals surface area contributed by atoms with E-state index in [9.17, 15) is 22.4 Å². The number of nitrogens with zero attached hydrogens (tertiary/aromatic N) is 4. The molecule has 4 aromatic heterocycles. The number of carbonyl (C=O) groups is 1. The molecule has 46 heavy (non-hydrogen) atoms. The lowest BCUT2D eigenvalue weighted by Crippen LogP contribution is -2.35. The van der Waals surface area contributed by atoms with Gasteiger partial charge in [0.05, 0.1) is 22.8 Å². The molecule has 0 bridgehead atoms. The molecular formula is C33H28F6N6O. The van der Waals surface area contributed by atoms with Crippen LogP contribution >= 0.6 is 0 Å². The molecule has 238 valence electrons. The molecule has 2 aliphatic carbocycles. The van der Waals surface area contributed by atoms with Crippen molar-refractivity contribution in [3.63, 3.8) is 0 Å². The first-order chi connectivity index (χ1) is 21.9. The fourth-order valence-corrected chi connectivity index (χ4v) is 6.53. The molecule has 13 heteroatoms. The van der Waals surface area contributed by atoms with Crippen LogP contribution in [-0.2, 0) is 23.7 Å². The molecule has 2 aliphatic rings. The molecule has 7 nitrogen and oxygen atoms in total. The molecule has 3 atom stereocenters. The summed E-state index contributed by atoms with van der Waals surface area (Å²) >= 11 is 0. The number of alkyl halides is 4. The predicted molar refractivity (Wildman–Crippen MR) is 156 cm³/mol. The van der Waals surface area contributed by atoms with Gasteiger partial charge in [-0.3, -0.25) is 14.5 Å². The number of benzene rings is 1. The third-order valence-corrected chi connectivity index (χ3v) is 8.74. The molecule has 5 aromatic rings. The zero-order chi connectivity index (χ0) is 32.5. The standard InChI is InChI=1S/C33H28F6N6O/c1-15(2)23-4-3-17(13-41-23)20-12-25-24(5-6-40-25)43-29(20)26(9-16-7-18(34)10-19(35)8-16)42-27(46)14-45-31-28(30(44-45)32(36)37)21-11-22(21)33(31,38)39/h3-8,10,12-13,15,21-22,26,32,40H,9,11,14H2,1-2H3,(H,42,46)/t21-,22?,26-/m0/s1. The second-order valence-corrected chi connectivity index (χ2v) is 12.2. The molecule has 7 rings (SSSR count). The fraction of sp³-hybridized carbons (Fsp3) is 0.333. The third kappa shape index (κ3) is 5.21. The molecule has 0 saturated heterocycles. The Morgan fingerprint density at radius 2 is 1.85 bits per heavy atom. The van der Waals surface area contributed by atoms with Gasteiger partial charge in [-0.1, -0.05) is 19.9 Å². The fourth-order valence-electron chi connectivity index (χ4n) is 6.53. The summed E-state index contributed by atoms with van der Waals surface area (Å²) in [5.74, 6) is -7.50. The highest BCUT2D eigenvalue weighted by Gasteiger charge is 2.67. The van der Waals surface area contributed by atoms with Gasteiger partial charge in [0.25, 0.3) is 12.3 Å². The van der Waals surface area contributed by atoms with Gasteiger partial charge < -0.3 is 10.3 Å². The number of amides is 1. The number of fused-ring (bicyclic) bond motifs is 4. The summed E-state index contributed by atoms with van der Waals surface area (Å²) in [5, 5.41) is 6.53. The maximum Gasteiger partial charge on any atom is 0.293 e. The van der Waals surface area contributed by atoms with Crippen LogP contribution < -0.4 is 5.32 Å². The third-order valence-electron chi connectivity index (χ3n) is 8.74. The van der Waals surface area contributed by atoms with E-state index in [1.807, 2.05) is 32.0 Å². The Labute approximate surface area is 259 Å². The van der Waals surface area contributed by atoms with Crippen LogP contribution in [0.1, 0.15) is 78.5 Å². The van der Waals surface area contributed by atoms with Crippen molar-refractivity contribution in [1.29, 1.82) is 0 Å². The van der Waals surface area contributed by atoms with Crippen LogP contribution in [0.15, 0.2) is 54.9 Å². The summed E-state index contributed by atoms with van der Waals surface area (Å²) in [4.78, 5) is 26.0. The zero-order valence-electron chi connectivity index (χ0n) is 24.7. The van der Waals surface area contributed by atoms with E-state index in [1.54, 1.807) is 18.5 Å². The number of nitrogens with one attached hydrogen (secondary N) is 2. The molecule has 4 heterocycles. The van der Waals surface area contributed by atoms with Crippen LogP contribution in [0.2, 0.25) is 0 Å². The van der Waals surface area contributed by atoms with Gasteiger partial charge in [0.2, 0.25) is 5.91 Å². The summed E-state index contributed by atoms with van der Waals surface area (Å²) in [5.41, 5.74) is 2.24. The van der Waals surface area contributed by atoms with Crippen molar-refractivity contribution in [1.82, 2.24) is 30.0 Å². The van der Waals surface area contributed by atoms with E-state index in [-0.39, 0.29) is 29.9 Å². The van der Waals surface area contributed by atoms with Gasteiger partial charge in [-0.15, -0.1) is 0 Å². The number of H-pyrrole nitrogens is 1. The first-order valence-corrected chi connectivity index (χ1v) is 14.9. The average molecular weight is 639 g/mol. The van der Waals surface area contributed by atoms with E-state index in [4.69, 9.17) is 4.98 Å². The van der Waals surface area contributed by atoms with Crippen LogP contribution in [0.3, 0.4) is 0 Å². The number of carbonyl (C=O) groups excluding carboxylic acids is 1. The van der Waals surface area contributed by atoms with E-state index < -0.39 is 65.7 Å². The first kappa shape index (κ1) is 30.0. The number of halogens is 6. The Morgan fingerprint density at radius 3 is 2.52 bits per heavy atom. The Kier molecular flexibility index (Phi) is 7.17. The van der Waals surface area contributed by atoms with Gasteiger partial charge >= 0.3 is 0 Å². The molecule has 1 saturated carbocycles. The second-order valence-electron chi connectivity index (χ2n) is 12.2. The van der Waals surface area contributed by atoms with Crippen LogP contribution in [0, 0.1) is 17.6 Å². The molecular weight excluding hydrogens is 610 g/mol. The predicted octanol–water partition coefficient (Wildman–Crippen LogP) is 7.47. The number of rotatable bonds is 9. The Morgan fingerprint density at radius 1 is 1.09 bits per heavy atom. The maximum atomic E-state index is 15.2. The van der Waals surface area contributed by atoms with Crippen LogP contribution in [0.25, 0.3) is 22.2 Å². The normalized spacial score (nSPS) is 18.7. The molecule has 1 aromatic carbocycles. The molecule has 0 aliphatic heterocycles. The van der Waals surface area contributed by atoms with Gasteiger partial charge in [0, 0.05) is 46.8 Å². The first-order valence-electron chi connectivity index (χ1n) is 14.9. The molecule has 1 fully saturated rings. The summed E-state index contributed by atoms with van der Waals surface area (Å²) in [6.07, 6.45) is 0.224. The van der Waals surface area contributed by atoms with Crippen molar-refractivity contribution < 1.29 is 31.1 Å². The van der Waals surface area contributed by atoms with Crippen molar-refractivity contribution in [2.24, 2.45) is 5.92 Å². The summed E-state index contributed by atoms with van der Waals surface area (Å²) < 4.78 is 87.1. The monoisotopic (exact) mass is 638 g/mol. The minimum Gasteiger partial charge on any atom is -0.360 e. The van der Waals surface area contributed by atoms with Crippen LogP contribution in [0.4, 0.5) is 26.3 Å². The summed E-state index contributed by atoms with van der Waals surface area (Å²) in [6.45, 7) is 3.23. The quantitative estimate of drug-likeness (QED) is 0.164. The molecule has 2 N–H and O–H groups in total. The van der Waals surface area contributed by atoms with E-state index in [2.05, 4.69) is 20.4 Å². The Hall–Kier alpha value is -4.68. The zero-order valence-corrected chi connectivity index (χ0v) is 24.7. The molecule has 0 radical (unpaired) electrons. The van der Waals surface area contributed by atoms with Crippen molar-refractivity contribution in [3.8, 4) is 11.1 Å². The SMILES string of the molecule is CC(C)c1ccc(-c2cc3[nH]ccc3nc2[C@H](Cc2cc(F)cc(F)c2)NC(=O)Cn2nc(C(F)F)c3c2C(F)(F)C2C[C@H]32)cn1.